The zero-order valence-electron chi connectivity index (χ0n) is 15.6. The van der Waals surface area contributed by atoms with Crippen LogP contribution in [0.2, 0.25) is 0 Å². The molecular formula is C21H17N3O3S2. The van der Waals surface area contributed by atoms with Crippen LogP contribution in [0.15, 0.2) is 68.7 Å². The standard InChI is InChI=1S/C21H17N3O3S2/c1-14-12-28-21(22-14)29-13-16-9-5-6-10-17(16)20(25)26-11-18-23-24-19(27-18)15-7-3-2-4-8-15/h2-10,12H,11,13H2,1H3. The van der Waals surface area contributed by atoms with E-state index in [1.54, 1.807) is 29.2 Å². The van der Waals surface area contributed by atoms with Crippen molar-refractivity contribution in [3.05, 3.63) is 82.7 Å². The van der Waals surface area contributed by atoms with Gasteiger partial charge in [0.05, 0.1) is 5.56 Å². The third-order valence-corrected chi connectivity index (χ3v) is 6.19. The minimum Gasteiger partial charge on any atom is -0.452 e. The Balaban J connectivity index is 1.39. The fraction of sp³-hybridized carbons (Fsp3) is 0.143. The number of nitrogens with zero attached hydrogens (tertiary/aromatic N) is 3. The predicted molar refractivity (Wildman–Crippen MR) is 112 cm³/mol. The van der Waals surface area contributed by atoms with Crippen molar-refractivity contribution in [2.45, 2.75) is 23.6 Å². The van der Waals surface area contributed by atoms with Gasteiger partial charge in [0, 0.05) is 22.4 Å². The highest BCUT2D eigenvalue weighted by molar-refractivity contribution is 8.00. The number of benzene rings is 2. The van der Waals surface area contributed by atoms with E-state index >= 15 is 0 Å². The van der Waals surface area contributed by atoms with Crippen LogP contribution in [0.5, 0.6) is 0 Å². The van der Waals surface area contributed by atoms with Gasteiger partial charge in [0.1, 0.15) is 4.34 Å². The Morgan fingerprint density at radius 2 is 1.90 bits per heavy atom. The van der Waals surface area contributed by atoms with E-state index < -0.39 is 5.97 Å². The van der Waals surface area contributed by atoms with Crippen LogP contribution in [0.3, 0.4) is 0 Å². The molecule has 2 aromatic carbocycles. The highest BCUT2D eigenvalue weighted by Crippen LogP contribution is 2.27. The van der Waals surface area contributed by atoms with Crippen LogP contribution in [0.4, 0.5) is 0 Å². The van der Waals surface area contributed by atoms with E-state index in [2.05, 4.69) is 15.2 Å². The molecule has 0 saturated carbocycles. The summed E-state index contributed by atoms with van der Waals surface area (Å²) in [7, 11) is 0. The summed E-state index contributed by atoms with van der Waals surface area (Å²) in [5, 5.41) is 9.97. The molecule has 0 N–H and O–H groups in total. The average molecular weight is 424 g/mol. The third-order valence-electron chi connectivity index (χ3n) is 4.00. The molecule has 0 spiro atoms. The van der Waals surface area contributed by atoms with Gasteiger partial charge in [-0.3, -0.25) is 0 Å². The first-order chi connectivity index (χ1) is 14.2. The Bertz CT molecular complexity index is 1110. The average Bonchev–Trinajstić information content (AvgIpc) is 3.40. The van der Waals surface area contributed by atoms with Gasteiger partial charge in [0.15, 0.2) is 6.61 Å². The van der Waals surface area contributed by atoms with E-state index in [0.717, 1.165) is 21.2 Å². The minimum absolute atomic E-state index is 0.0776. The summed E-state index contributed by atoms with van der Waals surface area (Å²) in [6, 6.07) is 16.8. The number of carbonyl (C=O) groups is 1. The molecule has 0 radical (unpaired) electrons. The molecule has 0 atom stereocenters. The van der Waals surface area contributed by atoms with Gasteiger partial charge >= 0.3 is 5.97 Å². The Hall–Kier alpha value is -2.97. The first-order valence-electron chi connectivity index (χ1n) is 8.87. The largest absolute Gasteiger partial charge is 0.452 e. The van der Waals surface area contributed by atoms with Gasteiger partial charge in [-0.25, -0.2) is 9.78 Å². The second-order valence-electron chi connectivity index (χ2n) is 6.14. The second-order valence-corrected chi connectivity index (χ2v) is 8.22. The van der Waals surface area contributed by atoms with E-state index in [9.17, 15) is 4.79 Å². The Kier molecular flexibility index (Phi) is 6.02. The molecule has 0 fully saturated rings. The summed E-state index contributed by atoms with van der Waals surface area (Å²) in [6.07, 6.45) is 0. The molecule has 0 aliphatic heterocycles. The number of hydrogen-bond donors (Lipinski definition) is 0. The zero-order valence-corrected chi connectivity index (χ0v) is 17.2. The predicted octanol–water partition coefficient (Wildman–Crippen LogP) is 5.15. The van der Waals surface area contributed by atoms with Gasteiger partial charge in [-0.15, -0.1) is 21.5 Å². The van der Waals surface area contributed by atoms with Crippen LogP contribution >= 0.6 is 23.1 Å². The van der Waals surface area contributed by atoms with Crippen molar-refractivity contribution in [3.63, 3.8) is 0 Å². The molecular weight excluding hydrogens is 406 g/mol. The molecule has 0 saturated heterocycles. The van der Waals surface area contributed by atoms with Crippen molar-refractivity contribution < 1.29 is 13.9 Å². The maximum Gasteiger partial charge on any atom is 0.338 e. The highest BCUT2D eigenvalue weighted by atomic mass is 32.2. The lowest BCUT2D eigenvalue weighted by molar-refractivity contribution is 0.0437. The van der Waals surface area contributed by atoms with E-state index in [4.69, 9.17) is 9.15 Å². The molecule has 8 heteroatoms. The van der Waals surface area contributed by atoms with E-state index in [0.29, 0.717) is 17.2 Å². The smallest absolute Gasteiger partial charge is 0.338 e. The summed E-state index contributed by atoms with van der Waals surface area (Å²) >= 11 is 3.20. The molecule has 2 heterocycles. The molecule has 0 bridgehead atoms. The van der Waals surface area contributed by atoms with Crippen molar-refractivity contribution in [1.29, 1.82) is 0 Å². The molecule has 0 aliphatic rings. The lowest BCUT2D eigenvalue weighted by atomic mass is 10.1. The number of ether oxygens (including phenoxy) is 1. The molecule has 2 aromatic heterocycles. The van der Waals surface area contributed by atoms with Crippen molar-refractivity contribution in [3.8, 4) is 11.5 Å². The summed E-state index contributed by atoms with van der Waals surface area (Å²) < 4.78 is 12.0. The molecule has 146 valence electrons. The molecule has 6 nitrogen and oxygen atoms in total. The van der Waals surface area contributed by atoms with Gasteiger partial charge < -0.3 is 9.15 Å². The molecule has 4 aromatic rings. The summed E-state index contributed by atoms with van der Waals surface area (Å²) in [5.41, 5.74) is 3.24. The molecule has 0 unspecified atom stereocenters. The number of thioether (sulfide) groups is 1. The monoisotopic (exact) mass is 423 g/mol. The van der Waals surface area contributed by atoms with Crippen LogP contribution in [-0.2, 0) is 17.1 Å². The van der Waals surface area contributed by atoms with Gasteiger partial charge in [0.2, 0.25) is 5.89 Å². The fourth-order valence-corrected chi connectivity index (χ4v) is 4.45. The quantitative estimate of drug-likeness (QED) is 0.300. The van der Waals surface area contributed by atoms with Crippen molar-refractivity contribution in [2.75, 3.05) is 0 Å². The lowest BCUT2D eigenvalue weighted by Gasteiger charge is -2.07. The topological polar surface area (TPSA) is 78.1 Å². The SMILES string of the molecule is Cc1csc(SCc2ccccc2C(=O)OCc2nnc(-c3ccccc3)o2)n1. The maximum atomic E-state index is 12.6. The van der Waals surface area contributed by atoms with Gasteiger partial charge in [-0.05, 0) is 30.7 Å². The number of rotatable bonds is 7. The van der Waals surface area contributed by atoms with E-state index in [-0.39, 0.29) is 12.5 Å². The van der Waals surface area contributed by atoms with Crippen molar-refractivity contribution in [1.82, 2.24) is 15.2 Å². The zero-order chi connectivity index (χ0) is 20.1. The minimum atomic E-state index is -0.420. The highest BCUT2D eigenvalue weighted by Gasteiger charge is 2.15. The third kappa shape index (κ3) is 4.90. The van der Waals surface area contributed by atoms with Crippen LogP contribution in [0.1, 0.15) is 27.5 Å². The first-order valence-corrected chi connectivity index (χ1v) is 10.7. The molecule has 4 rings (SSSR count). The van der Waals surface area contributed by atoms with Crippen LogP contribution in [0.25, 0.3) is 11.5 Å². The summed E-state index contributed by atoms with van der Waals surface area (Å²) in [6.45, 7) is 1.89. The first kappa shape index (κ1) is 19.4. The van der Waals surface area contributed by atoms with Gasteiger partial charge in [0.25, 0.3) is 5.89 Å². The van der Waals surface area contributed by atoms with Crippen LogP contribution in [-0.4, -0.2) is 21.2 Å². The number of aromatic nitrogens is 3. The Morgan fingerprint density at radius 1 is 1.10 bits per heavy atom. The van der Waals surface area contributed by atoms with Gasteiger partial charge in [-0.1, -0.05) is 48.2 Å². The van der Waals surface area contributed by atoms with Gasteiger partial charge in [-0.2, -0.15) is 0 Å². The Morgan fingerprint density at radius 3 is 2.69 bits per heavy atom. The fourth-order valence-electron chi connectivity index (χ4n) is 2.60. The van der Waals surface area contributed by atoms with Crippen LogP contribution < -0.4 is 0 Å². The number of hydrogen-bond acceptors (Lipinski definition) is 8. The number of carbonyl (C=O) groups excluding carboxylic acids is 1. The Labute approximate surface area is 176 Å². The second kappa shape index (κ2) is 9.02. The lowest BCUT2D eigenvalue weighted by Crippen LogP contribution is -2.08. The normalized spacial score (nSPS) is 10.8. The number of thiazole rings is 1. The molecule has 0 amide bonds. The molecule has 29 heavy (non-hydrogen) atoms. The van der Waals surface area contributed by atoms with Crippen molar-refractivity contribution >= 4 is 29.1 Å². The van der Waals surface area contributed by atoms with Crippen molar-refractivity contribution in [2.24, 2.45) is 0 Å². The molecule has 0 aliphatic carbocycles. The van der Waals surface area contributed by atoms with Crippen LogP contribution in [0, 0.1) is 6.92 Å². The summed E-state index contributed by atoms with van der Waals surface area (Å²) in [5.74, 6) is 0.863. The van der Waals surface area contributed by atoms with E-state index in [1.807, 2.05) is 60.8 Å². The summed E-state index contributed by atoms with van der Waals surface area (Å²) in [4.78, 5) is 17.0. The number of aryl methyl sites for hydroxylation is 1. The number of esters is 1. The van der Waals surface area contributed by atoms with E-state index in [1.165, 1.54) is 0 Å². The maximum absolute atomic E-state index is 12.6.